The number of morpholine rings is 1. The monoisotopic (exact) mass is 410 g/mol. The molecule has 0 spiro atoms. The van der Waals surface area contributed by atoms with Crippen molar-refractivity contribution >= 4 is 22.8 Å². The van der Waals surface area contributed by atoms with Crippen molar-refractivity contribution in [1.82, 2.24) is 20.2 Å². The molecule has 1 fully saturated rings. The lowest BCUT2D eigenvalue weighted by Crippen LogP contribution is -2.56. The number of ether oxygens (including phenoxy) is 1. The number of rotatable bonds is 5. The van der Waals surface area contributed by atoms with Gasteiger partial charge in [0.15, 0.2) is 6.10 Å². The molecule has 1 aliphatic heterocycles. The molecule has 2 aromatic carbocycles. The molecule has 2 N–H and O–H groups in total. The standard InChI is InChI=1S/C22H23FN4O3/c1-13(2)27-19(28)12-30-21(20(27)14-6-4-3-5-7-14)22(29)24-11-18-25-16-9-8-15(23)10-17(16)26-18/h3-10,13,20-21H,11-12H2,1-2H3,(H,24,29)(H,25,26)/t20-,21+/m1/s1. The molecule has 30 heavy (non-hydrogen) atoms. The number of carbonyl (C=O) groups excluding carboxylic acids is 2. The largest absolute Gasteiger partial charge is 0.356 e. The molecule has 3 aromatic rings. The van der Waals surface area contributed by atoms with Crippen LogP contribution in [0.3, 0.4) is 0 Å². The van der Waals surface area contributed by atoms with E-state index in [-0.39, 0.29) is 36.8 Å². The van der Waals surface area contributed by atoms with E-state index in [9.17, 15) is 14.0 Å². The zero-order valence-corrected chi connectivity index (χ0v) is 16.8. The highest BCUT2D eigenvalue weighted by Gasteiger charge is 2.42. The summed E-state index contributed by atoms with van der Waals surface area (Å²) in [5.41, 5.74) is 2.01. The maximum Gasteiger partial charge on any atom is 0.252 e. The number of fused-ring (bicyclic) bond motifs is 1. The number of benzene rings is 2. The molecule has 8 heteroatoms. The molecule has 1 aliphatic rings. The minimum atomic E-state index is -0.852. The number of imidazole rings is 1. The highest BCUT2D eigenvalue weighted by atomic mass is 19.1. The maximum atomic E-state index is 13.4. The van der Waals surface area contributed by atoms with Crippen molar-refractivity contribution in [2.75, 3.05) is 6.61 Å². The molecule has 0 saturated carbocycles. The van der Waals surface area contributed by atoms with Crippen molar-refractivity contribution in [2.45, 2.75) is 38.6 Å². The molecule has 0 unspecified atom stereocenters. The molecule has 4 rings (SSSR count). The first-order chi connectivity index (χ1) is 14.4. The van der Waals surface area contributed by atoms with Crippen LogP contribution in [0.1, 0.15) is 31.3 Å². The Morgan fingerprint density at radius 2 is 2.07 bits per heavy atom. The molecule has 2 atom stereocenters. The Bertz CT molecular complexity index is 1070. The van der Waals surface area contributed by atoms with E-state index in [0.717, 1.165) is 5.56 Å². The van der Waals surface area contributed by atoms with E-state index in [1.807, 2.05) is 44.2 Å². The number of amides is 2. The molecule has 0 aliphatic carbocycles. The Hall–Kier alpha value is -3.26. The molecule has 2 amide bonds. The molecule has 0 bridgehead atoms. The highest BCUT2D eigenvalue weighted by Crippen LogP contribution is 2.32. The van der Waals surface area contributed by atoms with Crippen LogP contribution in [0.4, 0.5) is 4.39 Å². The second kappa shape index (κ2) is 8.23. The Morgan fingerprint density at radius 1 is 1.30 bits per heavy atom. The van der Waals surface area contributed by atoms with Gasteiger partial charge in [-0.15, -0.1) is 0 Å². The Kier molecular flexibility index (Phi) is 5.50. The van der Waals surface area contributed by atoms with Gasteiger partial charge in [-0.3, -0.25) is 9.59 Å². The van der Waals surface area contributed by atoms with E-state index in [0.29, 0.717) is 16.9 Å². The van der Waals surface area contributed by atoms with Crippen molar-refractivity contribution in [3.8, 4) is 0 Å². The van der Waals surface area contributed by atoms with Gasteiger partial charge in [0.25, 0.3) is 5.91 Å². The summed E-state index contributed by atoms with van der Waals surface area (Å²) in [7, 11) is 0. The fourth-order valence-corrected chi connectivity index (χ4v) is 3.83. The lowest BCUT2D eigenvalue weighted by atomic mass is 9.96. The first-order valence-corrected chi connectivity index (χ1v) is 9.83. The number of aromatic nitrogens is 2. The lowest BCUT2D eigenvalue weighted by Gasteiger charge is -2.42. The van der Waals surface area contributed by atoms with Crippen molar-refractivity contribution in [3.63, 3.8) is 0 Å². The van der Waals surface area contributed by atoms with Gasteiger partial charge in [0.05, 0.1) is 23.6 Å². The Balaban J connectivity index is 1.55. The van der Waals surface area contributed by atoms with Gasteiger partial charge in [-0.1, -0.05) is 30.3 Å². The zero-order valence-electron chi connectivity index (χ0n) is 16.8. The normalized spacial score (nSPS) is 19.5. The Morgan fingerprint density at radius 3 is 2.80 bits per heavy atom. The number of halogens is 1. The number of nitrogens with zero attached hydrogens (tertiary/aromatic N) is 2. The average Bonchev–Trinajstić information content (AvgIpc) is 3.14. The summed E-state index contributed by atoms with van der Waals surface area (Å²) < 4.78 is 19.1. The van der Waals surface area contributed by atoms with E-state index in [1.54, 1.807) is 11.0 Å². The fourth-order valence-electron chi connectivity index (χ4n) is 3.83. The van der Waals surface area contributed by atoms with Crippen LogP contribution in [-0.4, -0.2) is 45.4 Å². The summed E-state index contributed by atoms with van der Waals surface area (Å²) in [6, 6.07) is 13.0. The highest BCUT2D eigenvalue weighted by molar-refractivity contribution is 5.86. The minimum absolute atomic E-state index is 0.0906. The Labute approximate surface area is 173 Å². The average molecular weight is 410 g/mol. The van der Waals surface area contributed by atoms with E-state index in [1.165, 1.54) is 12.1 Å². The number of aromatic amines is 1. The van der Waals surface area contributed by atoms with Gasteiger partial charge in [-0.05, 0) is 37.6 Å². The third kappa shape index (κ3) is 3.91. The van der Waals surface area contributed by atoms with Crippen LogP contribution in [0.5, 0.6) is 0 Å². The molecule has 2 heterocycles. The first kappa shape index (κ1) is 20.0. The summed E-state index contributed by atoms with van der Waals surface area (Å²) >= 11 is 0. The number of H-pyrrole nitrogens is 1. The summed E-state index contributed by atoms with van der Waals surface area (Å²) in [5.74, 6) is -0.342. The van der Waals surface area contributed by atoms with E-state index in [2.05, 4.69) is 15.3 Å². The second-order valence-electron chi connectivity index (χ2n) is 7.54. The van der Waals surface area contributed by atoms with Gasteiger partial charge in [0, 0.05) is 6.04 Å². The van der Waals surface area contributed by atoms with Gasteiger partial charge in [-0.2, -0.15) is 0 Å². The van der Waals surface area contributed by atoms with Crippen LogP contribution in [0.25, 0.3) is 11.0 Å². The summed E-state index contributed by atoms with van der Waals surface area (Å²) in [5, 5.41) is 2.83. The van der Waals surface area contributed by atoms with Crippen LogP contribution < -0.4 is 5.32 Å². The van der Waals surface area contributed by atoms with Gasteiger partial charge < -0.3 is 19.9 Å². The molecular weight excluding hydrogens is 387 g/mol. The van der Waals surface area contributed by atoms with Crippen molar-refractivity contribution in [2.24, 2.45) is 0 Å². The molecular formula is C22H23FN4O3. The SMILES string of the molecule is CC(C)N1C(=O)CO[C@H](C(=O)NCc2nc3ccc(F)cc3[nH]2)[C@H]1c1ccccc1. The van der Waals surface area contributed by atoms with E-state index in [4.69, 9.17) is 4.74 Å². The lowest BCUT2D eigenvalue weighted by molar-refractivity contribution is -0.167. The number of nitrogens with one attached hydrogen (secondary N) is 2. The quantitative estimate of drug-likeness (QED) is 0.677. The molecule has 156 valence electrons. The number of hydrogen-bond donors (Lipinski definition) is 2. The predicted octanol–water partition coefficient (Wildman–Crippen LogP) is 2.70. The van der Waals surface area contributed by atoms with Crippen molar-refractivity contribution in [1.29, 1.82) is 0 Å². The van der Waals surface area contributed by atoms with Gasteiger partial charge in [0.2, 0.25) is 5.91 Å². The second-order valence-corrected chi connectivity index (χ2v) is 7.54. The summed E-state index contributed by atoms with van der Waals surface area (Å²) in [6.07, 6.45) is -0.852. The fraction of sp³-hybridized carbons (Fsp3) is 0.318. The molecule has 1 aromatic heterocycles. The van der Waals surface area contributed by atoms with Gasteiger partial charge >= 0.3 is 0 Å². The van der Waals surface area contributed by atoms with Crippen molar-refractivity contribution in [3.05, 3.63) is 65.7 Å². The number of hydrogen-bond acceptors (Lipinski definition) is 4. The predicted molar refractivity (Wildman–Crippen MR) is 109 cm³/mol. The van der Waals surface area contributed by atoms with Gasteiger partial charge in [-0.25, -0.2) is 9.37 Å². The maximum absolute atomic E-state index is 13.4. The van der Waals surface area contributed by atoms with E-state index < -0.39 is 12.1 Å². The minimum Gasteiger partial charge on any atom is -0.356 e. The molecule has 1 saturated heterocycles. The smallest absolute Gasteiger partial charge is 0.252 e. The van der Waals surface area contributed by atoms with Crippen LogP contribution in [0, 0.1) is 5.82 Å². The third-order valence-electron chi connectivity index (χ3n) is 5.14. The number of carbonyl (C=O) groups is 2. The third-order valence-corrected chi connectivity index (χ3v) is 5.14. The van der Waals surface area contributed by atoms with Crippen LogP contribution in [0.2, 0.25) is 0 Å². The topological polar surface area (TPSA) is 87.3 Å². The summed E-state index contributed by atoms with van der Waals surface area (Å²) in [4.78, 5) is 34.6. The zero-order chi connectivity index (χ0) is 21.3. The molecule has 7 nitrogen and oxygen atoms in total. The van der Waals surface area contributed by atoms with Crippen molar-refractivity contribution < 1.29 is 18.7 Å². The van der Waals surface area contributed by atoms with Gasteiger partial charge in [0.1, 0.15) is 18.2 Å². The van der Waals surface area contributed by atoms with Crippen LogP contribution >= 0.6 is 0 Å². The van der Waals surface area contributed by atoms with Crippen LogP contribution in [0.15, 0.2) is 48.5 Å². The van der Waals surface area contributed by atoms with Crippen LogP contribution in [-0.2, 0) is 20.9 Å². The molecule has 0 radical (unpaired) electrons. The first-order valence-electron chi connectivity index (χ1n) is 9.83. The summed E-state index contributed by atoms with van der Waals surface area (Å²) in [6.45, 7) is 3.82. The van der Waals surface area contributed by atoms with E-state index >= 15 is 0 Å².